The van der Waals surface area contributed by atoms with E-state index in [9.17, 15) is 8.42 Å². The Morgan fingerprint density at radius 3 is 2.86 bits per heavy atom. The van der Waals surface area contributed by atoms with Gasteiger partial charge in [0.1, 0.15) is 9.84 Å². The van der Waals surface area contributed by atoms with Crippen molar-refractivity contribution < 1.29 is 8.42 Å². The number of imidazole rings is 1. The normalized spacial score (nSPS) is 13.6. The quantitative estimate of drug-likeness (QED) is 0.562. The lowest BCUT2D eigenvalue weighted by molar-refractivity contribution is 0.432. The molecule has 116 valence electrons. The van der Waals surface area contributed by atoms with Crippen molar-refractivity contribution in [2.24, 2.45) is 5.84 Å². The molecule has 0 fully saturated rings. The number of rotatable bonds is 8. The third-order valence-electron chi connectivity index (χ3n) is 3.63. The van der Waals surface area contributed by atoms with Gasteiger partial charge in [0, 0.05) is 18.3 Å². The van der Waals surface area contributed by atoms with Crippen molar-refractivity contribution in [1.29, 1.82) is 0 Å². The molecule has 7 heteroatoms. The molecular weight excluding hydrogens is 288 g/mol. The summed E-state index contributed by atoms with van der Waals surface area (Å²) < 4.78 is 25.0. The van der Waals surface area contributed by atoms with Gasteiger partial charge in [-0.3, -0.25) is 11.3 Å². The number of fused-ring (bicyclic) bond motifs is 1. The first-order chi connectivity index (χ1) is 10.1. The number of nitrogens with two attached hydrogens (primary N) is 1. The molecule has 0 aliphatic rings. The number of hydrazine groups is 1. The highest BCUT2D eigenvalue weighted by Crippen LogP contribution is 2.13. The minimum atomic E-state index is -2.91. The van der Waals surface area contributed by atoms with E-state index in [2.05, 4.69) is 10.4 Å². The summed E-state index contributed by atoms with van der Waals surface area (Å²) in [5, 5.41) is 0. The standard InChI is InChI=1S/C14H22N4O2S/c1-2-21(19,20)9-5-6-12(17-15)10-18-11-16-13-7-3-4-8-14(13)18/h3-4,7-8,11-12,17H,2,5-6,9-10,15H2,1H3. The van der Waals surface area contributed by atoms with Gasteiger partial charge in [-0.05, 0) is 25.0 Å². The number of aromatic nitrogens is 2. The van der Waals surface area contributed by atoms with Gasteiger partial charge in [0.2, 0.25) is 0 Å². The van der Waals surface area contributed by atoms with Crippen molar-refractivity contribution in [3.05, 3.63) is 30.6 Å². The van der Waals surface area contributed by atoms with Gasteiger partial charge in [-0.1, -0.05) is 19.1 Å². The highest BCUT2D eigenvalue weighted by Gasteiger charge is 2.13. The van der Waals surface area contributed by atoms with Crippen molar-refractivity contribution in [3.8, 4) is 0 Å². The Balaban J connectivity index is 1.96. The number of nitrogens with one attached hydrogen (secondary N) is 1. The summed E-state index contributed by atoms with van der Waals surface area (Å²) >= 11 is 0. The topological polar surface area (TPSA) is 90.0 Å². The number of nitrogens with zero attached hydrogens (tertiary/aromatic N) is 2. The molecule has 0 spiro atoms. The van der Waals surface area contributed by atoms with E-state index in [4.69, 9.17) is 5.84 Å². The number of hydrogen-bond acceptors (Lipinski definition) is 5. The first-order valence-corrected chi connectivity index (χ1v) is 8.94. The van der Waals surface area contributed by atoms with Gasteiger partial charge in [0.05, 0.1) is 23.1 Å². The van der Waals surface area contributed by atoms with Gasteiger partial charge in [-0.25, -0.2) is 13.4 Å². The van der Waals surface area contributed by atoms with Crippen LogP contribution in [0.5, 0.6) is 0 Å². The van der Waals surface area contributed by atoms with Gasteiger partial charge in [0.25, 0.3) is 0 Å². The van der Waals surface area contributed by atoms with E-state index < -0.39 is 9.84 Å². The first kappa shape index (κ1) is 15.9. The second-order valence-corrected chi connectivity index (χ2v) is 7.60. The van der Waals surface area contributed by atoms with Gasteiger partial charge >= 0.3 is 0 Å². The van der Waals surface area contributed by atoms with Gasteiger partial charge in [-0.15, -0.1) is 0 Å². The Morgan fingerprint density at radius 2 is 2.14 bits per heavy atom. The van der Waals surface area contributed by atoms with E-state index in [1.165, 1.54) is 0 Å². The van der Waals surface area contributed by atoms with Gasteiger partial charge in [0.15, 0.2) is 0 Å². The highest BCUT2D eigenvalue weighted by molar-refractivity contribution is 7.91. The average Bonchev–Trinajstić information content (AvgIpc) is 2.89. The van der Waals surface area contributed by atoms with E-state index in [0.29, 0.717) is 19.4 Å². The maximum Gasteiger partial charge on any atom is 0.150 e. The summed E-state index contributed by atoms with van der Waals surface area (Å²) in [5.41, 5.74) is 4.77. The second-order valence-electron chi connectivity index (χ2n) is 5.13. The van der Waals surface area contributed by atoms with Crippen LogP contribution in [0.2, 0.25) is 0 Å². The molecule has 2 aromatic rings. The number of sulfone groups is 1. The minimum absolute atomic E-state index is 0.0228. The molecule has 0 bridgehead atoms. The van der Waals surface area contributed by atoms with E-state index in [-0.39, 0.29) is 17.5 Å². The van der Waals surface area contributed by atoms with Crippen molar-refractivity contribution in [2.75, 3.05) is 11.5 Å². The Hall–Kier alpha value is -1.44. The lowest BCUT2D eigenvalue weighted by atomic mass is 10.2. The van der Waals surface area contributed by atoms with Crippen LogP contribution in [-0.4, -0.2) is 35.5 Å². The minimum Gasteiger partial charge on any atom is -0.329 e. The smallest absolute Gasteiger partial charge is 0.150 e. The highest BCUT2D eigenvalue weighted by atomic mass is 32.2. The molecule has 0 saturated heterocycles. The zero-order chi connectivity index (χ0) is 15.3. The van der Waals surface area contributed by atoms with E-state index in [1.54, 1.807) is 13.3 Å². The zero-order valence-electron chi connectivity index (χ0n) is 12.2. The molecule has 21 heavy (non-hydrogen) atoms. The average molecular weight is 310 g/mol. The monoisotopic (exact) mass is 310 g/mol. The van der Waals surface area contributed by atoms with Crippen LogP contribution in [0.4, 0.5) is 0 Å². The van der Waals surface area contributed by atoms with Crippen LogP contribution in [0.15, 0.2) is 30.6 Å². The maximum atomic E-state index is 11.5. The molecule has 0 aliphatic carbocycles. The number of benzene rings is 1. The van der Waals surface area contributed by atoms with Crippen LogP contribution in [0.1, 0.15) is 19.8 Å². The van der Waals surface area contributed by atoms with Crippen LogP contribution < -0.4 is 11.3 Å². The Morgan fingerprint density at radius 1 is 1.38 bits per heavy atom. The molecule has 1 atom stereocenters. The van der Waals surface area contributed by atoms with Crippen molar-refractivity contribution >= 4 is 20.9 Å². The summed E-state index contributed by atoms with van der Waals surface area (Å²) in [6.07, 6.45) is 3.11. The largest absolute Gasteiger partial charge is 0.329 e. The lowest BCUT2D eigenvalue weighted by Gasteiger charge is -2.16. The van der Waals surface area contributed by atoms with Crippen LogP contribution in [0.3, 0.4) is 0 Å². The lowest BCUT2D eigenvalue weighted by Crippen LogP contribution is -2.38. The van der Waals surface area contributed by atoms with Gasteiger partial charge in [-0.2, -0.15) is 0 Å². The van der Waals surface area contributed by atoms with E-state index in [1.807, 2.05) is 28.8 Å². The summed E-state index contributed by atoms with van der Waals surface area (Å²) in [7, 11) is -2.91. The fraction of sp³-hybridized carbons (Fsp3) is 0.500. The summed E-state index contributed by atoms with van der Waals surface area (Å²) in [5.74, 6) is 5.99. The van der Waals surface area contributed by atoms with E-state index in [0.717, 1.165) is 11.0 Å². The SMILES string of the molecule is CCS(=O)(=O)CCCC(Cn1cnc2ccccc21)NN. The number of para-hydroxylation sites is 2. The Kier molecular flexibility index (Phi) is 5.33. The van der Waals surface area contributed by atoms with Crippen LogP contribution in [0.25, 0.3) is 11.0 Å². The Bertz CT molecular complexity index is 681. The fourth-order valence-corrected chi connectivity index (χ4v) is 3.21. The fourth-order valence-electron chi connectivity index (χ4n) is 2.31. The molecule has 1 aromatic carbocycles. The Labute approximate surface area is 125 Å². The molecule has 0 amide bonds. The number of hydrogen-bond donors (Lipinski definition) is 2. The zero-order valence-corrected chi connectivity index (χ0v) is 13.0. The van der Waals surface area contributed by atoms with Crippen LogP contribution in [0, 0.1) is 0 Å². The summed E-state index contributed by atoms with van der Waals surface area (Å²) in [6.45, 7) is 2.34. The molecule has 0 radical (unpaired) electrons. The van der Waals surface area contributed by atoms with Crippen LogP contribution >= 0.6 is 0 Å². The molecule has 1 unspecified atom stereocenters. The predicted octanol–water partition coefficient (Wildman–Crippen LogP) is 1.08. The molecule has 6 nitrogen and oxygen atoms in total. The predicted molar refractivity (Wildman–Crippen MR) is 84.4 cm³/mol. The molecule has 0 aliphatic heterocycles. The molecule has 2 rings (SSSR count). The molecule has 1 aromatic heterocycles. The van der Waals surface area contributed by atoms with Gasteiger partial charge < -0.3 is 4.57 Å². The van der Waals surface area contributed by atoms with E-state index >= 15 is 0 Å². The first-order valence-electron chi connectivity index (χ1n) is 7.12. The maximum absolute atomic E-state index is 11.5. The third kappa shape index (κ3) is 4.26. The van der Waals surface area contributed by atoms with Crippen molar-refractivity contribution in [3.63, 3.8) is 0 Å². The van der Waals surface area contributed by atoms with Crippen molar-refractivity contribution in [2.45, 2.75) is 32.4 Å². The van der Waals surface area contributed by atoms with Crippen molar-refractivity contribution in [1.82, 2.24) is 15.0 Å². The summed E-state index contributed by atoms with van der Waals surface area (Å²) in [4.78, 5) is 4.34. The van der Waals surface area contributed by atoms with Crippen LogP contribution in [-0.2, 0) is 16.4 Å². The molecule has 1 heterocycles. The second kappa shape index (κ2) is 7.02. The third-order valence-corrected chi connectivity index (χ3v) is 5.42. The summed E-state index contributed by atoms with van der Waals surface area (Å²) in [6, 6.07) is 7.92. The molecule has 0 saturated carbocycles. The molecular formula is C14H22N4O2S. The molecule has 3 N–H and O–H groups in total.